The molecule has 1 N–H and O–H groups in total. The van der Waals surface area contributed by atoms with Crippen molar-refractivity contribution < 1.29 is 4.74 Å². The fourth-order valence-corrected chi connectivity index (χ4v) is 2.41. The molecule has 1 aromatic heterocycles. The Morgan fingerprint density at radius 3 is 3.06 bits per heavy atom. The average Bonchev–Trinajstić information content (AvgIpc) is 2.97. The number of nitrogens with one attached hydrogen (secondary N) is 1. The van der Waals surface area contributed by atoms with E-state index in [2.05, 4.69) is 18.3 Å². The van der Waals surface area contributed by atoms with Gasteiger partial charge in [-0.05, 0) is 44.4 Å². The number of rotatable bonds is 5. The van der Waals surface area contributed by atoms with Crippen LogP contribution in [0.15, 0.2) is 6.07 Å². The Kier molecular flexibility index (Phi) is 4.40. The molecule has 0 aromatic carbocycles. The molecule has 4 heteroatoms. The lowest BCUT2D eigenvalue weighted by Crippen LogP contribution is -2.20. The van der Waals surface area contributed by atoms with E-state index in [1.54, 1.807) is 0 Å². The van der Waals surface area contributed by atoms with Gasteiger partial charge in [-0.1, -0.05) is 0 Å². The topological polar surface area (TPSA) is 50.0 Å². The highest BCUT2D eigenvalue weighted by molar-refractivity contribution is 5.33. The molecular formula is C14H21N3O. The molecule has 4 nitrogen and oxygen atoms in total. The van der Waals surface area contributed by atoms with Gasteiger partial charge in [0.15, 0.2) is 0 Å². The van der Waals surface area contributed by atoms with E-state index < -0.39 is 0 Å². The molecule has 1 fully saturated rings. The minimum absolute atomic E-state index is 0.448. The summed E-state index contributed by atoms with van der Waals surface area (Å²) in [5.41, 5.74) is 3.10. The summed E-state index contributed by atoms with van der Waals surface area (Å²) >= 11 is 0. The standard InChI is InChI=1S/C14H21N3O/c1-11-12(8-13(9-15)17(11)2)10-16-6-5-14-4-3-7-18-14/h8,14,16H,3-7,10H2,1-2H3/t14-/m1/s1. The molecule has 0 unspecified atom stereocenters. The number of aromatic nitrogens is 1. The summed E-state index contributed by atoms with van der Waals surface area (Å²) in [5, 5.41) is 12.4. The molecule has 2 rings (SSSR count). The molecule has 1 aliphatic heterocycles. The zero-order valence-electron chi connectivity index (χ0n) is 11.2. The largest absolute Gasteiger partial charge is 0.378 e. The van der Waals surface area contributed by atoms with Crippen molar-refractivity contribution in [3.8, 4) is 6.07 Å². The Labute approximate surface area is 109 Å². The molecule has 1 saturated heterocycles. The molecular weight excluding hydrogens is 226 g/mol. The number of hydrogen-bond donors (Lipinski definition) is 1. The summed E-state index contributed by atoms with van der Waals surface area (Å²) in [5.74, 6) is 0. The van der Waals surface area contributed by atoms with Gasteiger partial charge in [-0.2, -0.15) is 5.26 Å². The SMILES string of the molecule is Cc1c(CNCC[C@H]2CCCO2)cc(C#N)n1C. The summed E-state index contributed by atoms with van der Waals surface area (Å²) in [6, 6.07) is 4.17. The zero-order chi connectivity index (χ0) is 13.0. The number of nitrogens with zero attached hydrogens (tertiary/aromatic N) is 2. The van der Waals surface area contributed by atoms with Crippen molar-refractivity contribution in [2.24, 2.45) is 7.05 Å². The van der Waals surface area contributed by atoms with Crippen molar-refractivity contribution in [1.82, 2.24) is 9.88 Å². The normalized spacial score (nSPS) is 19.1. The van der Waals surface area contributed by atoms with Crippen LogP contribution in [0.4, 0.5) is 0 Å². The van der Waals surface area contributed by atoms with E-state index in [1.807, 2.05) is 17.7 Å². The first-order chi connectivity index (χ1) is 8.72. The van der Waals surface area contributed by atoms with E-state index in [-0.39, 0.29) is 0 Å². The van der Waals surface area contributed by atoms with Gasteiger partial charge >= 0.3 is 0 Å². The van der Waals surface area contributed by atoms with Crippen LogP contribution < -0.4 is 5.32 Å². The maximum atomic E-state index is 8.96. The maximum Gasteiger partial charge on any atom is 0.120 e. The van der Waals surface area contributed by atoms with Crippen LogP contribution >= 0.6 is 0 Å². The average molecular weight is 247 g/mol. The Morgan fingerprint density at radius 1 is 1.61 bits per heavy atom. The zero-order valence-corrected chi connectivity index (χ0v) is 11.2. The second kappa shape index (κ2) is 6.03. The number of hydrogen-bond acceptors (Lipinski definition) is 3. The van der Waals surface area contributed by atoms with Crippen molar-refractivity contribution in [3.63, 3.8) is 0 Å². The molecule has 0 spiro atoms. The van der Waals surface area contributed by atoms with Crippen LogP contribution in [0.5, 0.6) is 0 Å². The third-order valence-corrected chi connectivity index (χ3v) is 3.74. The predicted octanol–water partition coefficient (Wildman–Crippen LogP) is 1.86. The van der Waals surface area contributed by atoms with E-state index >= 15 is 0 Å². The van der Waals surface area contributed by atoms with E-state index in [9.17, 15) is 0 Å². The minimum Gasteiger partial charge on any atom is -0.378 e. The molecule has 1 aromatic rings. The summed E-state index contributed by atoms with van der Waals surface area (Å²) in [7, 11) is 1.93. The molecule has 1 atom stereocenters. The fraction of sp³-hybridized carbons (Fsp3) is 0.643. The molecule has 0 bridgehead atoms. The smallest absolute Gasteiger partial charge is 0.120 e. The molecule has 0 radical (unpaired) electrons. The van der Waals surface area contributed by atoms with Crippen LogP contribution in [-0.4, -0.2) is 23.8 Å². The second-order valence-corrected chi connectivity index (χ2v) is 4.91. The first kappa shape index (κ1) is 13.1. The van der Waals surface area contributed by atoms with E-state index in [0.717, 1.165) is 37.5 Å². The fourth-order valence-electron chi connectivity index (χ4n) is 2.41. The van der Waals surface area contributed by atoms with Crippen LogP contribution in [0.3, 0.4) is 0 Å². The van der Waals surface area contributed by atoms with Gasteiger partial charge in [0.25, 0.3) is 0 Å². The van der Waals surface area contributed by atoms with E-state index in [1.165, 1.54) is 18.4 Å². The van der Waals surface area contributed by atoms with Crippen LogP contribution in [0.1, 0.15) is 36.2 Å². The Hall–Kier alpha value is -1.31. The van der Waals surface area contributed by atoms with Crippen LogP contribution in [0.2, 0.25) is 0 Å². The Morgan fingerprint density at radius 2 is 2.44 bits per heavy atom. The molecule has 18 heavy (non-hydrogen) atoms. The van der Waals surface area contributed by atoms with Crippen LogP contribution in [-0.2, 0) is 18.3 Å². The van der Waals surface area contributed by atoms with Gasteiger partial charge < -0.3 is 14.6 Å². The highest BCUT2D eigenvalue weighted by atomic mass is 16.5. The van der Waals surface area contributed by atoms with Crippen molar-refractivity contribution in [2.45, 2.75) is 38.8 Å². The minimum atomic E-state index is 0.448. The molecule has 98 valence electrons. The van der Waals surface area contributed by atoms with Gasteiger partial charge in [0.1, 0.15) is 11.8 Å². The van der Waals surface area contributed by atoms with Crippen molar-refractivity contribution in [2.75, 3.05) is 13.2 Å². The highest BCUT2D eigenvalue weighted by Crippen LogP contribution is 2.15. The van der Waals surface area contributed by atoms with Gasteiger partial charge in [-0.15, -0.1) is 0 Å². The third kappa shape index (κ3) is 2.92. The van der Waals surface area contributed by atoms with Gasteiger partial charge in [0.2, 0.25) is 0 Å². The second-order valence-electron chi connectivity index (χ2n) is 4.91. The van der Waals surface area contributed by atoms with Gasteiger partial charge in [0.05, 0.1) is 6.10 Å². The summed E-state index contributed by atoms with van der Waals surface area (Å²) in [6.45, 7) is 4.78. The van der Waals surface area contributed by atoms with E-state index in [4.69, 9.17) is 10.00 Å². The first-order valence-electron chi connectivity index (χ1n) is 6.60. The lowest BCUT2D eigenvalue weighted by atomic mass is 10.2. The van der Waals surface area contributed by atoms with Crippen LogP contribution in [0, 0.1) is 18.3 Å². The number of ether oxygens (including phenoxy) is 1. The quantitative estimate of drug-likeness (QED) is 0.808. The summed E-state index contributed by atoms with van der Waals surface area (Å²) < 4.78 is 7.52. The van der Waals surface area contributed by atoms with Gasteiger partial charge in [0, 0.05) is 25.9 Å². The predicted molar refractivity (Wildman–Crippen MR) is 70.2 cm³/mol. The first-order valence-corrected chi connectivity index (χ1v) is 6.60. The molecule has 0 saturated carbocycles. The van der Waals surface area contributed by atoms with Crippen molar-refractivity contribution in [1.29, 1.82) is 5.26 Å². The molecule has 1 aliphatic rings. The molecule has 0 aliphatic carbocycles. The summed E-state index contributed by atoms with van der Waals surface area (Å²) in [4.78, 5) is 0. The summed E-state index contributed by atoms with van der Waals surface area (Å²) in [6.07, 6.45) is 3.93. The lowest BCUT2D eigenvalue weighted by Gasteiger charge is -2.10. The third-order valence-electron chi connectivity index (χ3n) is 3.74. The number of nitriles is 1. The van der Waals surface area contributed by atoms with Crippen molar-refractivity contribution in [3.05, 3.63) is 23.0 Å². The molecule has 0 amide bonds. The van der Waals surface area contributed by atoms with Crippen molar-refractivity contribution >= 4 is 0 Å². The Balaban J connectivity index is 1.78. The highest BCUT2D eigenvalue weighted by Gasteiger charge is 2.14. The van der Waals surface area contributed by atoms with Crippen LogP contribution in [0.25, 0.3) is 0 Å². The maximum absolute atomic E-state index is 8.96. The monoisotopic (exact) mass is 247 g/mol. The van der Waals surface area contributed by atoms with E-state index in [0.29, 0.717) is 6.10 Å². The Bertz CT molecular complexity index is 439. The lowest BCUT2D eigenvalue weighted by molar-refractivity contribution is 0.104. The van der Waals surface area contributed by atoms with Gasteiger partial charge in [-0.25, -0.2) is 0 Å². The van der Waals surface area contributed by atoms with Gasteiger partial charge in [-0.3, -0.25) is 0 Å². The molecule has 2 heterocycles.